The molecular formula is C33H36BN3. The lowest BCUT2D eigenvalue weighted by molar-refractivity contribution is -0.00812. The van der Waals surface area contributed by atoms with E-state index in [1.54, 1.807) is 6.20 Å². The number of fused-ring (bicyclic) bond motifs is 2. The van der Waals surface area contributed by atoms with Crippen LogP contribution in [0.3, 0.4) is 0 Å². The molecule has 37 heavy (non-hydrogen) atoms. The molecular weight excluding hydrogens is 449 g/mol. The third-order valence-corrected chi connectivity index (χ3v) is 8.88. The standard InChI is InChI=1S/C33H36BN3/c1-5-35-26-12-14-27(15-13-26)37-32(23-9-7-6-8-10-23)31-22(2)36-30-19-25(11-16-28(30)31)34-18-17-29-24(21-34)20-33(29,3)4/h5-16,19,24,29,35-37H,1-2,17-18,20-21H2,3-4H3/b32-31+. The van der Waals surface area contributed by atoms with Crippen LogP contribution < -0.4 is 26.7 Å². The van der Waals surface area contributed by atoms with Gasteiger partial charge in [0.1, 0.15) is 0 Å². The van der Waals surface area contributed by atoms with Crippen molar-refractivity contribution >= 4 is 46.7 Å². The number of aromatic amines is 1. The highest BCUT2D eigenvalue weighted by molar-refractivity contribution is 6.73. The van der Waals surface area contributed by atoms with Gasteiger partial charge < -0.3 is 15.6 Å². The maximum absolute atomic E-state index is 4.44. The lowest BCUT2D eigenvalue weighted by atomic mass is 9.30. The van der Waals surface area contributed by atoms with Crippen LogP contribution >= 0.6 is 0 Å². The van der Waals surface area contributed by atoms with Gasteiger partial charge in [-0.3, -0.25) is 0 Å². The molecule has 1 saturated carbocycles. The van der Waals surface area contributed by atoms with E-state index in [1.165, 1.54) is 41.8 Å². The smallest absolute Gasteiger partial charge is 0.176 e. The summed E-state index contributed by atoms with van der Waals surface area (Å²) in [5, 5.41) is 10.1. The summed E-state index contributed by atoms with van der Waals surface area (Å²) >= 11 is 0. The van der Waals surface area contributed by atoms with Crippen LogP contribution in [-0.2, 0) is 0 Å². The number of hydrogen-bond donors (Lipinski definition) is 3. The summed E-state index contributed by atoms with van der Waals surface area (Å²) in [6.45, 7) is 13.8. The summed E-state index contributed by atoms with van der Waals surface area (Å²) in [6.07, 6.45) is 7.09. The van der Waals surface area contributed by atoms with Crippen LogP contribution in [0.1, 0.15) is 32.3 Å². The molecule has 1 aromatic heterocycles. The Labute approximate surface area is 220 Å². The van der Waals surface area contributed by atoms with Crippen molar-refractivity contribution in [3.63, 3.8) is 0 Å². The summed E-state index contributed by atoms with van der Waals surface area (Å²) in [4.78, 5) is 3.62. The molecule has 1 saturated heterocycles. The van der Waals surface area contributed by atoms with Gasteiger partial charge in [0.25, 0.3) is 0 Å². The Morgan fingerprint density at radius 3 is 2.49 bits per heavy atom. The summed E-state index contributed by atoms with van der Waals surface area (Å²) in [7, 11) is 0. The van der Waals surface area contributed by atoms with Gasteiger partial charge in [0, 0.05) is 32.8 Å². The predicted octanol–water partition coefficient (Wildman–Crippen LogP) is 6.17. The minimum Gasteiger partial charge on any atom is -0.362 e. The zero-order valence-electron chi connectivity index (χ0n) is 22.0. The molecule has 2 atom stereocenters. The van der Waals surface area contributed by atoms with Gasteiger partial charge in [-0.1, -0.05) is 94.0 Å². The van der Waals surface area contributed by atoms with Crippen molar-refractivity contribution < 1.29 is 0 Å². The monoisotopic (exact) mass is 485 g/mol. The van der Waals surface area contributed by atoms with Crippen LogP contribution in [0.5, 0.6) is 0 Å². The average molecular weight is 485 g/mol. The minimum atomic E-state index is 0.551. The van der Waals surface area contributed by atoms with E-state index in [0.717, 1.165) is 45.0 Å². The topological polar surface area (TPSA) is 39.8 Å². The Balaban J connectivity index is 1.39. The third kappa shape index (κ3) is 4.39. The second-order valence-electron chi connectivity index (χ2n) is 11.6. The molecule has 0 amide bonds. The molecule has 0 spiro atoms. The van der Waals surface area contributed by atoms with Crippen LogP contribution in [0.15, 0.2) is 85.6 Å². The first-order valence-electron chi connectivity index (χ1n) is 13.6. The molecule has 0 radical (unpaired) electrons. The van der Waals surface area contributed by atoms with Crippen molar-refractivity contribution in [2.75, 3.05) is 10.6 Å². The van der Waals surface area contributed by atoms with Crippen molar-refractivity contribution in [1.29, 1.82) is 0 Å². The van der Waals surface area contributed by atoms with E-state index in [4.69, 9.17) is 0 Å². The Hall–Kier alpha value is -3.66. The summed E-state index contributed by atoms with van der Waals surface area (Å²) in [5.74, 6) is 1.83. The Morgan fingerprint density at radius 1 is 1.03 bits per heavy atom. The van der Waals surface area contributed by atoms with Crippen molar-refractivity contribution in [2.24, 2.45) is 17.3 Å². The number of anilines is 2. The van der Waals surface area contributed by atoms with Gasteiger partial charge in [-0.15, -0.1) is 0 Å². The molecule has 2 heterocycles. The fraction of sp³-hybridized carbons (Fsp3) is 0.273. The normalized spacial score (nSPS) is 21.1. The molecule has 186 valence electrons. The number of H-pyrrole nitrogens is 1. The molecule has 3 nitrogen and oxygen atoms in total. The van der Waals surface area contributed by atoms with Crippen LogP contribution in [0.2, 0.25) is 12.6 Å². The first kappa shape index (κ1) is 23.7. The summed E-state index contributed by atoms with van der Waals surface area (Å²) < 4.78 is 0. The van der Waals surface area contributed by atoms with E-state index < -0.39 is 0 Å². The molecule has 2 aliphatic rings. The van der Waals surface area contributed by atoms with Crippen LogP contribution in [0.25, 0.3) is 23.2 Å². The molecule has 3 aromatic carbocycles. The van der Waals surface area contributed by atoms with Crippen molar-refractivity contribution in [2.45, 2.75) is 39.3 Å². The molecule has 3 N–H and O–H groups in total. The van der Waals surface area contributed by atoms with E-state index in [-0.39, 0.29) is 0 Å². The first-order valence-corrected chi connectivity index (χ1v) is 13.6. The Bertz CT molecular complexity index is 1550. The summed E-state index contributed by atoms with van der Waals surface area (Å²) in [5.41, 5.74) is 7.44. The third-order valence-electron chi connectivity index (χ3n) is 8.88. The molecule has 1 aliphatic heterocycles. The molecule has 0 bridgehead atoms. The number of hydrogen-bond acceptors (Lipinski definition) is 2. The van der Waals surface area contributed by atoms with Crippen LogP contribution in [0.4, 0.5) is 11.4 Å². The van der Waals surface area contributed by atoms with Gasteiger partial charge >= 0.3 is 0 Å². The second-order valence-corrected chi connectivity index (χ2v) is 11.6. The fourth-order valence-corrected chi connectivity index (χ4v) is 7.09. The average Bonchev–Trinajstić information content (AvgIpc) is 3.22. The minimum absolute atomic E-state index is 0.551. The van der Waals surface area contributed by atoms with E-state index in [0.29, 0.717) is 12.1 Å². The largest absolute Gasteiger partial charge is 0.362 e. The molecule has 2 fully saturated rings. The molecule has 2 unspecified atom stereocenters. The van der Waals surface area contributed by atoms with E-state index in [1.807, 2.05) is 0 Å². The van der Waals surface area contributed by atoms with E-state index in [9.17, 15) is 0 Å². The van der Waals surface area contributed by atoms with E-state index >= 15 is 0 Å². The lowest BCUT2D eigenvalue weighted by Crippen LogP contribution is -2.51. The van der Waals surface area contributed by atoms with Crippen molar-refractivity contribution in [3.05, 3.63) is 102 Å². The maximum Gasteiger partial charge on any atom is 0.176 e. The predicted molar refractivity (Wildman–Crippen MR) is 161 cm³/mol. The first-order chi connectivity index (χ1) is 17.9. The number of aromatic nitrogens is 1. The van der Waals surface area contributed by atoms with Gasteiger partial charge in [-0.05, 0) is 65.8 Å². The highest BCUT2D eigenvalue weighted by atomic mass is 14.9. The highest BCUT2D eigenvalue weighted by Crippen LogP contribution is 2.57. The SMILES string of the molecule is C=CNc1ccc(N/C(c2ccccc2)=c2\c(=C)[nH]c3cc(B4CCC5C(C4)CC5(C)C)ccc23)cc1. The zero-order valence-corrected chi connectivity index (χ0v) is 22.0. The zero-order chi connectivity index (χ0) is 25.6. The van der Waals surface area contributed by atoms with Crippen LogP contribution in [-0.4, -0.2) is 11.7 Å². The fourth-order valence-electron chi connectivity index (χ4n) is 7.09. The van der Waals surface area contributed by atoms with E-state index in [2.05, 4.69) is 115 Å². The quantitative estimate of drug-likeness (QED) is 0.286. The molecule has 6 rings (SSSR count). The number of benzene rings is 3. The number of nitrogens with one attached hydrogen (secondary N) is 3. The molecule has 4 aromatic rings. The second kappa shape index (κ2) is 9.34. The van der Waals surface area contributed by atoms with Gasteiger partial charge in [0.15, 0.2) is 6.71 Å². The Morgan fingerprint density at radius 2 is 1.78 bits per heavy atom. The lowest BCUT2D eigenvalue weighted by Gasteiger charge is -2.55. The maximum atomic E-state index is 4.44. The highest BCUT2D eigenvalue weighted by Gasteiger charge is 2.50. The van der Waals surface area contributed by atoms with Gasteiger partial charge in [-0.2, -0.15) is 0 Å². The van der Waals surface area contributed by atoms with Crippen molar-refractivity contribution in [1.82, 2.24) is 4.98 Å². The Kier molecular flexibility index (Phi) is 5.99. The molecule has 1 aliphatic carbocycles. The number of rotatable bonds is 6. The van der Waals surface area contributed by atoms with Crippen LogP contribution in [0, 0.1) is 17.3 Å². The van der Waals surface area contributed by atoms with Gasteiger partial charge in [0.2, 0.25) is 0 Å². The summed E-state index contributed by atoms with van der Waals surface area (Å²) in [6, 6.07) is 25.9. The van der Waals surface area contributed by atoms with Gasteiger partial charge in [0.05, 0.1) is 5.70 Å². The molecule has 4 heteroatoms. The van der Waals surface area contributed by atoms with Gasteiger partial charge in [-0.25, -0.2) is 0 Å². The van der Waals surface area contributed by atoms with Crippen molar-refractivity contribution in [3.8, 4) is 0 Å².